The van der Waals surface area contributed by atoms with Crippen molar-refractivity contribution in [1.82, 2.24) is 5.43 Å². The maximum atomic E-state index is 12.1. The predicted octanol–water partition coefficient (Wildman–Crippen LogP) is 1.89. The second-order valence-corrected chi connectivity index (χ2v) is 5.58. The normalized spacial score (nSPS) is 30.7. The van der Waals surface area contributed by atoms with Crippen molar-refractivity contribution in [2.45, 2.75) is 18.9 Å². The molecule has 3 aliphatic rings. The molecule has 5 nitrogen and oxygen atoms in total. The Morgan fingerprint density at radius 1 is 1.29 bits per heavy atom. The predicted molar refractivity (Wildman–Crippen MR) is 77.3 cm³/mol. The molecule has 0 unspecified atom stereocenters. The lowest BCUT2D eigenvalue weighted by Crippen LogP contribution is -2.43. The van der Waals surface area contributed by atoms with Crippen LogP contribution < -0.4 is 14.9 Å². The number of hydrazone groups is 1. The average molecular weight is 284 g/mol. The van der Waals surface area contributed by atoms with Crippen molar-refractivity contribution < 1.29 is 14.3 Å². The van der Waals surface area contributed by atoms with E-state index in [0.29, 0.717) is 23.3 Å². The Balaban J connectivity index is 1.37. The van der Waals surface area contributed by atoms with E-state index in [1.54, 1.807) is 6.07 Å². The Morgan fingerprint density at radius 3 is 3.00 bits per heavy atom. The first kappa shape index (κ1) is 12.4. The molecule has 1 N–H and O–H groups in total. The summed E-state index contributed by atoms with van der Waals surface area (Å²) in [4.78, 5) is 12.1. The number of allylic oxidation sites excluding steroid dienone is 2. The molecule has 1 heterocycles. The van der Waals surface area contributed by atoms with E-state index < -0.39 is 6.10 Å². The smallest absolute Gasteiger partial charge is 0.284 e. The zero-order valence-electron chi connectivity index (χ0n) is 11.5. The highest BCUT2D eigenvalue weighted by molar-refractivity contribution is 5.95. The molecule has 1 aromatic rings. The van der Waals surface area contributed by atoms with Crippen LogP contribution in [0.15, 0.2) is 41.5 Å². The molecule has 1 aromatic carbocycles. The molecule has 2 aliphatic carbocycles. The summed E-state index contributed by atoms with van der Waals surface area (Å²) in [6, 6.07) is 7.34. The highest BCUT2D eigenvalue weighted by Crippen LogP contribution is 2.40. The third-order valence-electron chi connectivity index (χ3n) is 4.27. The molecule has 0 radical (unpaired) electrons. The van der Waals surface area contributed by atoms with Gasteiger partial charge in [0.15, 0.2) is 11.5 Å². The van der Waals surface area contributed by atoms with Gasteiger partial charge in [0.05, 0.1) is 0 Å². The number of carbonyl (C=O) groups excluding carboxylic acids is 1. The maximum Gasteiger partial charge on any atom is 0.284 e. The summed E-state index contributed by atoms with van der Waals surface area (Å²) in [7, 11) is 0. The van der Waals surface area contributed by atoms with Gasteiger partial charge in [-0.05, 0) is 30.9 Å². The fraction of sp³-hybridized carbons (Fsp3) is 0.375. The van der Waals surface area contributed by atoms with E-state index in [9.17, 15) is 4.79 Å². The van der Waals surface area contributed by atoms with Gasteiger partial charge in [-0.2, -0.15) is 5.10 Å². The second-order valence-electron chi connectivity index (χ2n) is 5.58. The van der Waals surface area contributed by atoms with Gasteiger partial charge in [0, 0.05) is 11.6 Å². The summed E-state index contributed by atoms with van der Waals surface area (Å²) in [5.41, 5.74) is 3.69. The highest BCUT2D eigenvalue weighted by atomic mass is 16.6. The van der Waals surface area contributed by atoms with E-state index in [-0.39, 0.29) is 12.5 Å². The molecule has 5 heteroatoms. The number of carbonyl (C=O) groups is 1. The van der Waals surface area contributed by atoms with Gasteiger partial charge in [-0.25, -0.2) is 5.43 Å². The minimum Gasteiger partial charge on any atom is -0.485 e. The molecule has 0 aromatic heterocycles. The van der Waals surface area contributed by atoms with Gasteiger partial charge in [-0.1, -0.05) is 24.3 Å². The molecule has 0 spiro atoms. The number of benzene rings is 1. The Labute approximate surface area is 122 Å². The largest absolute Gasteiger partial charge is 0.485 e. The fourth-order valence-corrected chi connectivity index (χ4v) is 3.01. The van der Waals surface area contributed by atoms with E-state index in [1.165, 1.54) is 0 Å². The lowest BCUT2D eigenvalue weighted by Gasteiger charge is -2.32. The van der Waals surface area contributed by atoms with Crippen LogP contribution in [0.5, 0.6) is 11.5 Å². The van der Waals surface area contributed by atoms with Gasteiger partial charge in [0.25, 0.3) is 5.91 Å². The number of nitrogens with zero attached hydrogens (tertiary/aromatic N) is 1. The minimum atomic E-state index is -0.651. The van der Waals surface area contributed by atoms with Crippen molar-refractivity contribution in [3.05, 3.63) is 36.4 Å². The summed E-state index contributed by atoms with van der Waals surface area (Å²) >= 11 is 0. The first-order valence-electron chi connectivity index (χ1n) is 7.23. The Kier molecular flexibility index (Phi) is 2.91. The summed E-state index contributed by atoms with van der Waals surface area (Å²) in [5.74, 6) is 2.13. The number of fused-ring (bicyclic) bond motifs is 2. The SMILES string of the molecule is O=C(N/N=C1/C[C@@H]2C=CC[C@@H]12)[C@@H]1COc2ccccc2O1. The van der Waals surface area contributed by atoms with Gasteiger partial charge in [0.1, 0.15) is 6.61 Å². The summed E-state index contributed by atoms with van der Waals surface area (Å²) in [6.07, 6.45) is 5.76. The van der Waals surface area contributed by atoms with Crippen molar-refractivity contribution in [2.75, 3.05) is 6.61 Å². The van der Waals surface area contributed by atoms with E-state index >= 15 is 0 Å². The molecule has 0 bridgehead atoms. The fourth-order valence-electron chi connectivity index (χ4n) is 3.01. The molecule has 108 valence electrons. The zero-order chi connectivity index (χ0) is 14.2. The first-order valence-corrected chi connectivity index (χ1v) is 7.23. The third-order valence-corrected chi connectivity index (χ3v) is 4.27. The quantitative estimate of drug-likeness (QED) is 0.666. The van der Waals surface area contributed by atoms with Crippen LogP contribution in [0.3, 0.4) is 0 Å². The number of ether oxygens (including phenoxy) is 2. The number of nitrogens with one attached hydrogen (secondary N) is 1. The molecule has 0 saturated heterocycles. The number of amides is 1. The minimum absolute atomic E-state index is 0.210. The van der Waals surface area contributed by atoms with Gasteiger partial charge in [0.2, 0.25) is 6.10 Å². The zero-order valence-corrected chi connectivity index (χ0v) is 11.5. The molecule has 4 rings (SSSR count). The molecular weight excluding hydrogens is 268 g/mol. The Hall–Kier alpha value is -2.30. The van der Waals surface area contributed by atoms with Crippen LogP contribution in [0.25, 0.3) is 0 Å². The number of para-hydroxylation sites is 2. The molecule has 1 aliphatic heterocycles. The molecule has 1 amide bonds. The van der Waals surface area contributed by atoms with Crippen molar-refractivity contribution in [3.8, 4) is 11.5 Å². The molecule has 3 atom stereocenters. The molecule has 21 heavy (non-hydrogen) atoms. The number of rotatable bonds is 2. The van der Waals surface area contributed by atoms with Gasteiger partial charge >= 0.3 is 0 Å². The lowest BCUT2D eigenvalue weighted by atomic mass is 9.74. The van der Waals surface area contributed by atoms with Crippen LogP contribution in [-0.4, -0.2) is 24.3 Å². The van der Waals surface area contributed by atoms with Crippen molar-refractivity contribution in [3.63, 3.8) is 0 Å². The second kappa shape index (κ2) is 4.91. The summed E-state index contributed by atoms with van der Waals surface area (Å²) < 4.78 is 11.2. The Morgan fingerprint density at radius 2 is 2.14 bits per heavy atom. The van der Waals surface area contributed by atoms with Gasteiger partial charge in [-0.15, -0.1) is 0 Å². The lowest BCUT2D eigenvalue weighted by molar-refractivity contribution is -0.130. The van der Waals surface area contributed by atoms with E-state index in [2.05, 4.69) is 22.7 Å². The van der Waals surface area contributed by atoms with Crippen LogP contribution in [0.1, 0.15) is 12.8 Å². The summed E-state index contributed by atoms with van der Waals surface area (Å²) in [6.45, 7) is 0.210. The van der Waals surface area contributed by atoms with E-state index in [0.717, 1.165) is 18.6 Å². The van der Waals surface area contributed by atoms with Crippen molar-refractivity contribution >= 4 is 11.6 Å². The number of hydrogen-bond donors (Lipinski definition) is 1. The van der Waals surface area contributed by atoms with Gasteiger partial charge in [-0.3, -0.25) is 4.79 Å². The number of hydrogen-bond acceptors (Lipinski definition) is 4. The Bertz CT molecular complexity index is 638. The van der Waals surface area contributed by atoms with Crippen molar-refractivity contribution in [1.29, 1.82) is 0 Å². The van der Waals surface area contributed by atoms with Gasteiger partial charge < -0.3 is 9.47 Å². The maximum absolute atomic E-state index is 12.1. The standard InChI is InChI=1S/C16H16N2O3/c19-16(18-17-12-8-10-4-3-5-11(10)12)15-9-20-13-6-1-2-7-14(13)21-15/h1-4,6-7,10-11,15H,5,8-9H2,(H,18,19)/b17-12-/t10-,11+,15-/m0/s1. The van der Waals surface area contributed by atoms with Crippen LogP contribution in [0.2, 0.25) is 0 Å². The molecule has 1 fully saturated rings. The average Bonchev–Trinajstić information content (AvgIpc) is 2.88. The van der Waals surface area contributed by atoms with Crippen LogP contribution in [0.4, 0.5) is 0 Å². The monoisotopic (exact) mass is 284 g/mol. The molecular formula is C16H16N2O3. The van der Waals surface area contributed by atoms with E-state index in [4.69, 9.17) is 9.47 Å². The van der Waals surface area contributed by atoms with Crippen molar-refractivity contribution in [2.24, 2.45) is 16.9 Å². The van der Waals surface area contributed by atoms with E-state index in [1.807, 2.05) is 18.2 Å². The van der Waals surface area contributed by atoms with Crippen LogP contribution in [0, 0.1) is 11.8 Å². The van der Waals surface area contributed by atoms with Crippen LogP contribution in [-0.2, 0) is 4.79 Å². The first-order chi connectivity index (χ1) is 10.3. The third kappa shape index (κ3) is 2.18. The molecule has 1 saturated carbocycles. The summed E-state index contributed by atoms with van der Waals surface area (Å²) in [5, 5.41) is 4.24. The highest BCUT2D eigenvalue weighted by Gasteiger charge is 2.38. The topological polar surface area (TPSA) is 59.9 Å². The van der Waals surface area contributed by atoms with Crippen LogP contribution >= 0.6 is 0 Å².